The second-order valence-corrected chi connectivity index (χ2v) is 5.39. The van der Waals surface area contributed by atoms with Crippen LogP contribution in [0.5, 0.6) is 0 Å². The summed E-state index contributed by atoms with van der Waals surface area (Å²) in [5, 5.41) is 10.5. The van der Waals surface area contributed by atoms with Crippen LogP contribution in [0.4, 0.5) is 4.39 Å². The minimum absolute atomic E-state index is 0.0994. The van der Waals surface area contributed by atoms with Crippen LogP contribution in [0.2, 0.25) is 5.02 Å². The second-order valence-electron chi connectivity index (χ2n) is 4.95. The maximum Gasteiger partial charge on any atom is 0.123 e. The Kier molecular flexibility index (Phi) is 4.76. The minimum Gasteiger partial charge on any atom is -0.395 e. The average molecular weight is 294 g/mol. The van der Waals surface area contributed by atoms with Gasteiger partial charge in [-0.15, -0.1) is 0 Å². The van der Waals surface area contributed by atoms with E-state index >= 15 is 0 Å². The van der Waals surface area contributed by atoms with Crippen LogP contribution in [-0.2, 0) is 11.8 Å². The van der Waals surface area contributed by atoms with Crippen molar-refractivity contribution in [1.29, 1.82) is 0 Å². The fourth-order valence-electron chi connectivity index (χ4n) is 2.30. The minimum atomic E-state index is -0.610. The Morgan fingerprint density at radius 2 is 1.65 bits per heavy atom. The number of nitrogens with two attached hydrogens (primary N) is 1. The van der Waals surface area contributed by atoms with E-state index in [0.717, 1.165) is 11.1 Å². The third kappa shape index (κ3) is 3.18. The molecule has 20 heavy (non-hydrogen) atoms. The standard InChI is InChI=1S/C16H17ClFNO/c17-14-5-1-12(2-6-14)9-16(10-19,11-20)13-3-7-15(18)8-4-13/h1-8,20H,9-11,19H2. The van der Waals surface area contributed by atoms with Crippen molar-refractivity contribution in [1.82, 2.24) is 0 Å². The van der Waals surface area contributed by atoms with E-state index in [-0.39, 0.29) is 19.0 Å². The zero-order valence-electron chi connectivity index (χ0n) is 11.0. The second kappa shape index (κ2) is 6.35. The number of aliphatic hydroxyl groups excluding tert-OH is 1. The lowest BCUT2D eigenvalue weighted by Crippen LogP contribution is -2.41. The molecule has 2 aromatic rings. The number of halogens is 2. The fourth-order valence-corrected chi connectivity index (χ4v) is 2.43. The molecular weight excluding hydrogens is 277 g/mol. The molecule has 2 rings (SSSR count). The number of benzene rings is 2. The molecule has 3 N–H and O–H groups in total. The molecule has 4 heteroatoms. The maximum absolute atomic E-state index is 13.0. The van der Waals surface area contributed by atoms with E-state index in [0.29, 0.717) is 11.4 Å². The molecule has 0 saturated heterocycles. The van der Waals surface area contributed by atoms with Crippen LogP contribution < -0.4 is 5.73 Å². The Morgan fingerprint density at radius 1 is 1.05 bits per heavy atom. The zero-order valence-corrected chi connectivity index (χ0v) is 11.8. The molecule has 0 fully saturated rings. The van der Waals surface area contributed by atoms with Gasteiger partial charge in [-0.05, 0) is 41.8 Å². The molecular formula is C16H17ClFNO. The molecule has 0 aromatic heterocycles. The van der Waals surface area contributed by atoms with Gasteiger partial charge in [0.15, 0.2) is 0 Å². The van der Waals surface area contributed by atoms with Crippen LogP contribution in [0.3, 0.4) is 0 Å². The van der Waals surface area contributed by atoms with E-state index in [1.54, 1.807) is 24.3 Å². The molecule has 0 aliphatic heterocycles. The molecule has 106 valence electrons. The summed E-state index contributed by atoms with van der Waals surface area (Å²) in [5.41, 5.74) is 7.14. The van der Waals surface area contributed by atoms with Crippen molar-refractivity contribution < 1.29 is 9.50 Å². The first-order valence-electron chi connectivity index (χ1n) is 6.41. The van der Waals surface area contributed by atoms with Gasteiger partial charge in [-0.3, -0.25) is 0 Å². The van der Waals surface area contributed by atoms with Gasteiger partial charge in [0.2, 0.25) is 0 Å². The highest BCUT2D eigenvalue weighted by Crippen LogP contribution is 2.28. The van der Waals surface area contributed by atoms with Crippen LogP contribution >= 0.6 is 11.6 Å². The summed E-state index contributed by atoms with van der Waals surface area (Å²) in [5.74, 6) is -0.302. The van der Waals surface area contributed by atoms with Crippen molar-refractivity contribution >= 4 is 11.6 Å². The number of hydrogen-bond acceptors (Lipinski definition) is 2. The monoisotopic (exact) mass is 293 g/mol. The van der Waals surface area contributed by atoms with Crippen molar-refractivity contribution in [2.45, 2.75) is 11.8 Å². The van der Waals surface area contributed by atoms with Gasteiger partial charge in [0.1, 0.15) is 5.82 Å². The molecule has 1 atom stereocenters. The van der Waals surface area contributed by atoms with Gasteiger partial charge < -0.3 is 10.8 Å². The zero-order chi connectivity index (χ0) is 14.6. The van der Waals surface area contributed by atoms with Crippen LogP contribution in [0.15, 0.2) is 48.5 Å². The van der Waals surface area contributed by atoms with Crippen molar-refractivity contribution in [2.75, 3.05) is 13.2 Å². The molecule has 0 aliphatic rings. The summed E-state index contributed by atoms with van der Waals surface area (Å²) in [6.45, 7) is 0.176. The topological polar surface area (TPSA) is 46.2 Å². The molecule has 0 radical (unpaired) electrons. The van der Waals surface area contributed by atoms with Crippen molar-refractivity contribution in [2.24, 2.45) is 5.73 Å². The molecule has 0 aliphatic carbocycles. The van der Waals surface area contributed by atoms with Gasteiger partial charge in [0, 0.05) is 17.0 Å². The molecule has 2 nitrogen and oxygen atoms in total. The third-order valence-electron chi connectivity index (χ3n) is 3.61. The Hall–Kier alpha value is -1.42. The molecule has 1 unspecified atom stereocenters. The molecule has 2 aromatic carbocycles. The highest BCUT2D eigenvalue weighted by molar-refractivity contribution is 6.30. The van der Waals surface area contributed by atoms with E-state index in [9.17, 15) is 9.50 Å². The Labute approximate surface area is 123 Å². The summed E-state index contributed by atoms with van der Waals surface area (Å²) in [6.07, 6.45) is 0.572. The summed E-state index contributed by atoms with van der Waals surface area (Å²) >= 11 is 5.87. The van der Waals surface area contributed by atoms with E-state index in [2.05, 4.69) is 0 Å². The van der Waals surface area contributed by atoms with Crippen LogP contribution in [0.25, 0.3) is 0 Å². The summed E-state index contributed by atoms with van der Waals surface area (Å²) < 4.78 is 13.0. The van der Waals surface area contributed by atoms with Crippen LogP contribution in [0.1, 0.15) is 11.1 Å². The first-order chi connectivity index (χ1) is 9.59. The van der Waals surface area contributed by atoms with Gasteiger partial charge in [-0.25, -0.2) is 4.39 Å². The molecule has 0 amide bonds. The quantitative estimate of drug-likeness (QED) is 0.890. The van der Waals surface area contributed by atoms with Crippen molar-refractivity contribution in [3.63, 3.8) is 0 Å². The molecule has 0 bridgehead atoms. The van der Waals surface area contributed by atoms with Gasteiger partial charge >= 0.3 is 0 Å². The molecule has 0 heterocycles. The fraction of sp³-hybridized carbons (Fsp3) is 0.250. The van der Waals surface area contributed by atoms with Crippen LogP contribution in [0, 0.1) is 5.82 Å². The Morgan fingerprint density at radius 3 is 2.15 bits per heavy atom. The van der Waals surface area contributed by atoms with E-state index in [1.165, 1.54) is 12.1 Å². The SMILES string of the molecule is NCC(CO)(Cc1ccc(Cl)cc1)c1ccc(F)cc1. The lowest BCUT2D eigenvalue weighted by Gasteiger charge is -2.31. The highest BCUT2D eigenvalue weighted by Gasteiger charge is 2.30. The number of aliphatic hydroxyl groups is 1. The first-order valence-corrected chi connectivity index (χ1v) is 6.79. The van der Waals surface area contributed by atoms with E-state index < -0.39 is 5.41 Å². The van der Waals surface area contributed by atoms with Gasteiger partial charge in [0.05, 0.1) is 6.61 Å². The predicted molar refractivity (Wildman–Crippen MR) is 79.4 cm³/mol. The van der Waals surface area contributed by atoms with Crippen molar-refractivity contribution in [3.8, 4) is 0 Å². The largest absolute Gasteiger partial charge is 0.395 e. The molecule has 0 saturated carbocycles. The number of rotatable bonds is 5. The van der Waals surface area contributed by atoms with Crippen LogP contribution in [-0.4, -0.2) is 18.3 Å². The van der Waals surface area contributed by atoms with Gasteiger partial charge in [0.25, 0.3) is 0 Å². The van der Waals surface area contributed by atoms with E-state index in [4.69, 9.17) is 17.3 Å². The third-order valence-corrected chi connectivity index (χ3v) is 3.86. The highest BCUT2D eigenvalue weighted by atomic mass is 35.5. The predicted octanol–water partition coefficient (Wildman–Crippen LogP) is 2.91. The van der Waals surface area contributed by atoms with Gasteiger partial charge in [-0.2, -0.15) is 0 Å². The smallest absolute Gasteiger partial charge is 0.123 e. The average Bonchev–Trinajstić information content (AvgIpc) is 2.48. The first kappa shape index (κ1) is 15.0. The lowest BCUT2D eigenvalue weighted by molar-refractivity contribution is 0.196. The molecule has 0 spiro atoms. The Balaban J connectivity index is 2.33. The normalized spacial score (nSPS) is 14.0. The maximum atomic E-state index is 13.0. The Bertz CT molecular complexity index is 550. The summed E-state index contributed by atoms with van der Waals surface area (Å²) in [7, 11) is 0. The summed E-state index contributed by atoms with van der Waals surface area (Å²) in [4.78, 5) is 0. The van der Waals surface area contributed by atoms with Gasteiger partial charge in [-0.1, -0.05) is 35.9 Å². The summed E-state index contributed by atoms with van der Waals surface area (Å²) in [6, 6.07) is 13.6. The number of hydrogen-bond donors (Lipinski definition) is 2. The van der Waals surface area contributed by atoms with Crippen molar-refractivity contribution in [3.05, 3.63) is 70.5 Å². The lowest BCUT2D eigenvalue weighted by atomic mass is 9.76. The van der Waals surface area contributed by atoms with E-state index in [1.807, 2.05) is 12.1 Å².